The summed E-state index contributed by atoms with van der Waals surface area (Å²) in [5.74, 6) is 0. The maximum atomic E-state index is 11.2. The van der Waals surface area contributed by atoms with E-state index in [4.69, 9.17) is 0 Å². The largest absolute Gasteiger partial charge is 0.301 e. The zero-order valence-electron chi connectivity index (χ0n) is 8.40. The zero-order valence-corrected chi connectivity index (χ0v) is 10.8. The van der Waals surface area contributed by atoms with Crippen LogP contribution in [0.5, 0.6) is 0 Å². The quantitative estimate of drug-likeness (QED) is 0.683. The number of aromatic amines is 1. The van der Waals surface area contributed by atoms with Crippen LogP contribution in [0.3, 0.4) is 0 Å². The SMILES string of the molecule is Cc1cc(=O)[nH]c(Sc2cccc(Br)n2)n1. The van der Waals surface area contributed by atoms with Crippen LogP contribution in [0.2, 0.25) is 0 Å². The molecule has 82 valence electrons. The van der Waals surface area contributed by atoms with Gasteiger partial charge in [-0.2, -0.15) is 0 Å². The number of pyridine rings is 1. The summed E-state index contributed by atoms with van der Waals surface area (Å²) in [5, 5.41) is 1.33. The molecule has 4 nitrogen and oxygen atoms in total. The summed E-state index contributed by atoms with van der Waals surface area (Å²) in [4.78, 5) is 22.3. The monoisotopic (exact) mass is 297 g/mol. The molecule has 2 rings (SSSR count). The molecule has 0 aliphatic rings. The smallest absolute Gasteiger partial charge is 0.251 e. The highest BCUT2D eigenvalue weighted by molar-refractivity contribution is 9.10. The fourth-order valence-electron chi connectivity index (χ4n) is 1.15. The van der Waals surface area contributed by atoms with Gasteiger partial charge in [0.15, 0.2) is 5.16 Å². The second kappa shape index (κ2) is 4.80. The second-order valence-corrected chi connectivity index (χ2v) is 4.91. The lowest BCUT2D eigenvalue weighted by Crippen LogP contribution is -2.07. The summed E-state index contributed by atoms with van der Waals surface area (Å²) in [6.45, 7) is 1.79. The Morgan fingerprint density at radius 2 is 2.19 bits per heavy atom. The van der Waals surface area contributed by atoms with E-state index in [9.17, 15) is 4.79 Å². The average Bonchev–Trinajstić information content (AvgIpc) is 2.15. The van der Waals surface area contributed by atoms with Crippen molar-refractivity contribution >= 4 is 27.7 Å². The van der Waals surface area contributed by atoms with E-state index in [-0.39, 0.29) is 5.56 Å². The van der Waals surface area contributed by atoms with E-state index in [0.29, 0.717) is 10.9 Å². The highest BCUT2D eigenvalue weighted by Gasteiger charge is 2.02. The fraction of sp³-hybridized carbons (Fsp3) is 0.100. The number of nitrogens with zero attached hydrogens (tertiary/aromatic N) is 2. The van der Waals surface area contributed by atoms with Crippen LogP contribution in [0.1, 0.15) is 5.69 Å². The first kappa shape index (κ1) is 11.3. The zero-order chi connectivity index (χ0) is 11.5. The molecule has 0 amide bonds. The Bertz CT molecular complexity index is 570. The Hall–Kier alpha value is -1.14. The van der Waals surface area contributed by atoms with Crippen LogP contribution in [0.15, 0.2) is 43.8 Å². The number of hydrogen-bond donors (Lipinski definition) is 1. The average molecular weight is 298 g/mol. The molecule has 0 fully saturated rings. The van der Waals surface area contributed by atoms with Gasteiger partial charge in [-0.3, -0.25) is 4.79 Å². The van der Waals surface area contributed by atoms with Gasteiger partial charge in [0.1, 0.15) is 9.63 Å². The third-order valence-electron chi connectivity index (χ3n) is 1.74. The highest BCUT2D eigenvalue weighted by atomic mass is 79.9. The lowest BCUT2D eigenvalue weighted by Gasteiger charge is -2.00. The molecule has 0 aromatic carbocycles. The van der Waals surface area contributed by atoms with Gasteiger partial charge in [0.2, 0.25) is 0 Å². The number of rotatable bonds is 2. The molecule has 0 atom stereocenters. The first-order valence-electron chi connectivity index (χ1n) is 4.52. The molecule has 0 unspecified atom stereocenters. The molecule has 16 heavy (non-hydrogen) atoms. The summed E-state index contributed by atoms with van der Waals surface area (Å²) in [6, 6.07) is 7.04. The van der Waals surface area contributed by atoms with Crippen molar-refractivity contribution in [2.24, 2.45) is 0 Å². The van der Waals surface area contributed by atoms with Crippen molar-refractivity contribution in [1.29, 1.82) is 0 Å². The number of H-pyrrole nitrogens is 1. The van der Waals surface area contributed by atoms with Crippen LogP contribution in [-0.2, 0) is 0 Å². The normalized spacial score (nSPS) is 10.4. The minimum atomic E-state index is -0.148. The van der Waals surface area contributed by atoms with E-state index in [1.807, 2.05) is 18.2 Å². The van der Waals surface area contributed by atoms with Gasteiger partial charge in [0.05, 0.1) is 0 Å². The van der Waals surface area contributed by atoms with Crippen LogP contribution < -0.4 is 5.56 Å². The third-order valence-corrected chi connectivity index (χ3v) is 3.00. The molecule has 0 spiro atoms. The molecule has 0 bridgehead atoms. The Balaban J connectivity index is 2.30. The van der Waals surface area contributed by atoms with E-state index in [0.717, 1.165) is 9.63 Å². The maximum Gasteiger partial charge on any atom is 0.251 e. The predicted octanol–water partition coefficient (Wildman–Crippen LogP) is 2.39. The Morgan fingerprint density at radius 3 is 2.88 bits per heavy atom. The van der Waals surface area contributed by atoms with Crippen molar-refractivity contribution in [1.82, 2.24) is 15.0 Å². The van der Waals surface area contributed by atoms with Crippen LogP contribution in [-0.4, -0.2) is 15.0 Å². The molecule has 6 heteroatoms. The van der Waals surface area contributed by atoms with Gasteiger partial charge in [-0.1, -0.05) is 6.07 Å². The standard InChI is InChI=1S/C10H8BrN3OS/c1-6-5-8(15)14-10(12-6)16-9-4-2-3-7(11)13-9/h2-5H,1H3,(H,12,14,15). The summed E-state index contributed by atoms with van der Waals surface area (Å²) < 4.78 is 0.757. The van der Waals surface area contributed by atoms with E-state index in [1.54, 1.807) is 6.92 Å². The highest BCUT2D eigenvalue weighted by Crippen LogP contribution is 2.22. The molecule has 1 N–H and O–H groups in total. The molecule has 2 aromatic rings. The lowest BCUT2D eigenvalue weighted by atomic mass is 10.5. The van der Waals surface area contributed by atoms with Crippen LogP contribution in [0, 0.1) is 6.92 Å². The minimum Gasteiger partial charge on any atom is -0.301 e. The third kappa shape index (κ3) is 2.93. The summed E-state index contributed by atoms with van der Waals surface area (Å²) >= 11 is 4.61. The molecule has 0 aliphatic heterocycles. The van der Waals surface area contributed by atoms with Crippen molar-refractivity contribution < 1.29 is 0 Å². The van der Waals surface area contributed by atoms with E-state index >= 15 is 0 Å². The van der Waals surface area contributed by atoms with Gasteiger partial charge in [0, 0.05) is 11.8 Å². The molecule has 2 heterocycles. The number of nitrogens with one attached hydrogen (secondary N) is 1. The Morgan fingerprint density at radius 1 is 1.38 bits per heavy atom. The van der Waals surface area contributed by atoms with Crippen LogP contribution in [0.4, 0.5) is 0 Å². The van der Waals surface area contributed by atoms with Crippen molar-refractivity contribution in [3.8, 4) is 0 Å². The summed E-state index contributed by atoms with van der Waals surface area (Å²) in [7, 11) is 0. The minimum absolute atomic E-state index is 0.148. The van der Waals surface area contributed by atoms with Crippen molar-refractivity contribution in [2.75, 3.05) is 0 Å². The van der Waals surface area contributed by atoms with E-state index < -0.39 is 0 Å². The number of aryl methyl sites for hydroxylation is 1. The van der Waals surface area contributed by atoms with Crippen LogP contribution in [0.25, 0.3) is 0 Å². The van der Waals surface area contributed by atoms with Gasteiger partial charge >= 0.3 is 0 Å². The second-order valence-electron chi connectivity index (χ2n) is 3.09. The van der Waals surface area contributed by atoms with E-state index in [1.165, 1.54) is 17.8 Å². The van der Waals surface area contributed by atoms with Crippen molar-refractivity contribution in [2.45, 2.75) is 17.1 Å². The molecule has 0 saturated carbocycles. The van der Waals surface area contributed by atoms with Gasteiger partial charge in [-0.15, -0.1) is 0 Å². The van der Waals surface area contributed by atoms with E-state index in [2.05, 4.69) is 30.9 Å². The fourth-order valence-corrected chi connectivity index (χ4v) is 2.44. The molecule has 0 aliphatic carbocycles. The number of hydrogen-bond acceptors (Lipinski definition) is 4. The topological polar surface area (TPSA) is 58.6 Å². The molecule has 0 saturated heterocycles. The van der Waals surface area contributed by atoms with Gasteiger partial charge in [-0.05, 0) is 46.7 Å². The first-order valence-corrected chi connectivity index (χ1v) is 6.13. The Labute approximate surface area is 105 Å². The van der Waals surface area contributed by atoms with Crippen molar-refractivity contribution in [3.05, 3.63) is 44.9 Å². The Kier molecular flexibility index (Phi) is 3.40. The molecular formula is C10H8BrN3OS. The summed E-state index contributed by atoms with van der Waals surface area (Å²) in [6.07, 6.45) is 0. The number of aromatic nitrogens is 3. The van der Waals surface area contributed by atoms with Crippen LogP contribution >= 0.6 is 27.7 Å². The maximum absolute atomic E-state index is 11.2. The van der Waals surface area contributed by atoms with Gasteiger partial charge in [0.25, 0.3) is 5.56 Å². The van der Waals surface area contributed by atoms with Gasteiger partial charge < -0.3 is 4.98 Å². The number of halogens is 1. The first-order chi connectivity index (χ1) is 7.63. The molecule has 2 aromatic heterocycles. The molecular weight excluding hydrogens is 290 g/mol. The van der Waals surface area contributed by atoms with Gasteiger partial charge in [-0.25, -0.2) is 9.97 Å². The predicted molar refractivity (Wildman–Crippen MR) is 65.7 cm³/mol. The molecule has 0 radical (unpaired) electrons. The van der Waals surface area contributed by atoms with Crippen molar-refractivity contribution in [3.63, 3.8) is 0 Å². The lowest BCUT2D eigenvalue weighted by molar-refractivity contribution is 0.901. The summed E-state index contributed by atoms with van der Waals surface area (Å²) in [5.41, 5.74) is 0.547.